The standard InChI is InChI=1S/C50H77N5O15/c1-15-36-50(10)42(69-47(60)70-50)31(6)55(13)26-27(2)23-48(8,61)41(67-45-39(57)35(54(11)12)22-28(3)63-45)29(4)40(30(5)44(58)65-36)66-38-24-49(9,62-14)43(32(7)64-38)68-46(59)53-52-37(56)21-20-33-16-18-34(25-51)19-17-33/h16-21,27-32,35-36,38-43,45,57,61H,15,22-24,26H2,1-14H3,(H,52,56)(H,53,59)/b21-20+/t27-,28-,29+,30-,31-,32-,35+,36+,38-,39-,40+,41-,42-,43-,45+,48-,49+,50-/m0/s1. The number of nitrogens with one attached hydrogen (secondary N) is 2. The number of hydrazine groups is 1. The number of carbonyl (C=O) groups is 4. The van der Waals surface area contributed by atoms with E-state index in [9.17, 15) is 29.4 Å². The summed E-state index contributed by atoms with van der Waals surface area (Å²) in [4.78, 5) is 57.3. The minimum Gasteiger partial charge on any atom is -0.458 e. The number of rotatable bonds is 10. The van der Waals surface area contributed by atoms with Crippen LogP contribution in [0.2, 0.25) is 0 Å². The van der Waals surface area contributed by atoms with Gasteiger partial charge in [-0.3, -0.25) is 19.9 Å². The summed E-state index contributed by atoms with van der Waals surface area (Å²) in [5.74, 6) is -3.48. The van der Waals surface area contributed by atoms with Crippen molar-refractivity contribution in [3.8, 4) is 6.07 Å². The Bertz CT molecular complexity index is 2030. The highest BCUT2D eigenvalue weighted by atomic mass is 16.8. The van der Waals surface area contributed by atoms with Crippen molar-refractivity contribution >= 4 is 30.2 Å². The maximum Gasteiger partial charge on any atom is 0.509 e. The van der Waals surface area contributed by atoms with E-state index in [-0.39, 0.29) is 37.3 Å². The smallest absolute Gasteiger partial charge is 0.458 e. The van der Waals surface area contributed by atoms with E-state index in [0.717, 1.165) is 0 Å². The molecule has 4 aliphatic heterocycles. The predicted octanol–water partition coefficient (Wildman–Crippen LogP) is 4.43. The molecule has 0 spiro atoms. The molecule has 4 saturated heterocycles. The Balaban J connectivity index is 1.46. The second-order valence-corrected chi connectivity index (χ2v) is 20.6. The SMILES string of the molecule is CC[C@H]1OC(=O)[C@@H](C)[C@H](O[C@H]2C[C@@](C)(OC)[C@@H](OC(=O)NNC(=O)/C=C/c3ccc(C#N)cc3)[C@H](C)O2)[C@@H](C)[C@H](O[C@H]2O[C@@H](C)C[C@@H](N(C)C)[C@@H]2O)[C@@](C)(O)C[C@H](C)CN(C)[C@@H](C)[C@@H]2OC(=O)O[C@@]12C. The lowest BCUT2D eigenvalue weighted by molar-refractivity contribution is -0.317. The highest BCUT2D eigenvalue weighted by molar-refractivity contribution is 5.92. The Hall–Kier alpha value is -4.43. The monoisotopic (exact) mass is 988 g/mol. The van der Waals surface area contributed by atoms with Gasteiger partial charge in [0.1, 0.15) is 17.8 Å². The first kappa shape index (κ1) is 56.5. The van der Waals surface area contributed by atoms with Crippen molar-refractivity contribution in [3.63, 3.8) is 0 Å². The van der Waals surface area contributed by atoms with E-state index in [4.69, 9.17) is 47.9 Å². The van der Waals surface area contributed by atoms with Crippen molar-refractivity contribution in [2.24, 2.45) is 17.8 Å². The lowest BCUT2D eigenvalue weighted by Gasteiger charge is -2.49. The molecule has 4 fully saturated rings. The summed E-state index contributed by atoms with van der Waals surface area (Å²) in [7, 11) is 7.07. The van der Waals surface area contributed by atoms with Gasteiger partial charge in [0.05, 0.1) is 47.6 Å². The second kappa shape index (κ2) is 23.4. The first-order valence-corrected chi connectivity index (χ1v) is 24.3. The molecule has 20 nitrogen and oxygen atoms in total. The summed E-state index contributed by atoms with van der Waals surface area (Å²) in [6, 6.07) is 7.86. The van der Waals surface area contributed by atoms with Crippen molar-refractivity contribution in [2.75, 3.05) is 34.8 Å². The number of cyclic esters (lactones) is 1. The largest absolute Gasteiger partial charge is 0.509 e. The number of likely N-dealkylation sites (N-methyl/N-ethyl adjacent to an activating group) is 2. The van der Waals surface area contributed by atoms with Gasteiger partial charge in [-0.05, 0) is 119 Å². The highest BCUT2D eigenvalue weighted by Crippen LogP contribution is 2.42. The number of hydrogen-bond donors (Lipinski definition) is 4. The van der Waals surface area contributed by atoms with Crippen LogP contribution >= 0.6 is 0 Å². The quantitative estimate of drug-likeness (QED) is 0.110. The molecule has 4 N–H and O–H groups in total. The van der Waals surface area contributed by atoms with Crippen LogP contribution < -0.4 is 10.9 Å². The fourth-order valence-electron chi connectivity index (χ4n) is 10.7. The van der Waals surface area contributed by atoms with Crippen LogP contribution in [0.3, 0.4) is 0 Å². The summed E-state index contributed by atoms with van der Waals surface area (Å²) in [5.41, 5.74) is 1.39. The molecule has 0 saturated carbocycles. The maximum atomic E-state index is 14.7. The van der Waals surface area contributed by atoms with Crippen LogP contribution in [0.5, 0.6) is 0 Å². The van der Waals surface area contributed by atoms with Gasteiger partial charge in [-0.2, -0.15) is 5.26 Å². The molecule has 392 valence electrons. The van der Waals surface area contributed by atoms with Gasteiger partial charge in [-0.1, -0.05) is 32.9 Å². The van der Waals surface area contributed by atoms with E-state index in [1.165, 1.54) is 19.3 Å². The number of fused-ring (bicyclic) bond motifs is 1. The molecule has 0 bridgehead atoms. The summed E-state index contributed by atoms with van der Waals surface area (Å²) in [6.45, 7) is 18.2. The number of methoxy groups -OCH3 is 1. The Morgan fingerprint density at radius 3 is 2.27 bits per heavy atom. The maximum absolute atomic E-state index is 14.7. The molecule has 0 aliphatic carbocycles. The topological polar surface area (TPSA) is 246 Å². The fraction of sp³-hybridized carbons (Fsp3) is 0.740. The van der Waals surface area contributed by atoms with Gasteiger partial charge < -0.3 is 57.7 Å². The van der Waals surface area contributed by atoms with E-state index in [0.29, 0.717) is 24.1 Å². The molecule has 4 heterocycles. The van der Waals surface area contributed by atoms with Gasteiger partial charge in [0.25, 0.3) is 5.91 Å². The average Bonchev–Trinajstić information content (AvgIpc) is 3.62. The van der Waals surface area contributed by atoms with Crippen LogP contribution in [-0.4, -0.2) is 169 Å². The molecule has 20 heteroatoms. The number of hydrogen-bond acceptors (Lipinski definition) is 18. The van der Waals surface area contributed by atoms with Crippen molar-refractivity contribution < 1.29 is 72.0 Å². The number of esters is 1. The minimum absolute atomic E-state index is 0.0310. The number of nitrogens with zero attached hydrogens (tertiary/aromatic N) is 3. The van der Waals surface area contributed by atoms with Gasteiger partial charge in [0.15, 0.2) is 30.4 Å². The number of aliphatic hydroxyl groups excluding tert-OH is 1. The summed E-state index contributed by atoms with van der Waals surface area (Å²) in [6.07, 6.45) is -7.88. The zero-order valence-electron chi connectivity index (χ0n) is 43.2. The molecular formula is C50H77N5O15. The normalized spacial score (nSPS) is 40.1. The molecule has 1 aromatic carbocycles. The van der Waals surface area contributed by atoms with Crippen LogP contribution in [0, 0.1) is 29.1 Å². The first-order chi connectivity index (χ1) is 32.8. The average molecular weight is 988 g/mol. The van der Waals surface area contributed by atoms with Crippen LogP contribution in [0.25, 0.3) is 6.08 Å². The summed E-state index contributed by atoms with van der Waals surface area (Å²) < 4.78 is 56.2. The Morgan fingerprint density at radius 2 is 1.66 bits per heavy atom. The van der Waals surface area contributed by atoms with Crippen LogP contribution in [0.1, 0.15) is 106 Å². The van der Waals surface area contributed by atoms with Crippen LogP contribution in [0.4, 0.5) is 9.59 Å². The van der Waals surface area contributed by atoms with E-state index in [1.54, 1.807) is 65.8 Å². The number of carbonyl (C=O) groups excluding carboxylic acids is 4. The molecular weight excluding hydrogens is 911 g/mol. The third-order valence-corrected chi connectivity index (χ3v) is 14.6. The third-order valence-electron chi connectivity index (χ3n) is 14.6. The van der Waals surface area contributed by atoms with Crippen LogP contribution in [0.15, 0.2) is 30.3 Å². The van der Waals surface area contributed by atoms with Gasteiger partial charge in [-0.15, -0.1) is 0 Å². The van der Waals surface area contributed by atoms with Crippen molar-refractivity contribution in [1.82, 2.24) is 20.7 Å². The number of aliphatic hydroxyl groups is 2. The van der Waals surface area contributed by atoms with E-state index < -0.39 is 114 Å². The lowest BCUT2D eigenvalue weighted by Crippen LogP contribution is -2.61. The van der Waals surface area contributed by atoms with E-state index >= 15 is 0 Å². The van der Waals surface area contributed by atoms with Crippen LogP contribution in [-0.2, 0) is 52.2 Å². The van der Waals surface area contributed by atoms with Gasteiger partial charge in [0, 0.05) is 44.2 Å². The highest BCUT2D eigenvalue weighted by Gasteiger charge is 2.58. The van der Waals surface area contributed by atoms with E-state index in [2.05, 4.69) is 10.9 Å². The first-order valence-electron chi connectivity index (χ1n) is 24.3. The molecule has 4 aliphatic rings. The third kappa shape index (κ3) is 13.2. The van der Waals surface area contributed by atoms with Crippen molar-refractivity contribution in [2.45, 2.75) is 185 Å². The zero-order valence-corrected chi connectivity index (χ0v) is 43.2. The van der Waals surface area contributed by atoms with Gasteiger partial charge in [0.2, 0.25) is 0 Å². The Morgan fingerprint density at radius 1 is 0.986 bits per heavy atom. The van der Waals surface area contributed by atoms with Crippen molar-refractivity contribution in [1.29, 1.82) is 5.26 Å². The molecule has 18 atom stereocenters. The fourth-order valence-corrected chi connectivity index (χ4v) is 10.7. The Labute approximate surface area is 412 Å². The minimum atomic E-state index is -1.64. The molecule has 0 radical (unpaired) electrons. The summed E-state index contributed by atoms with van der Waals surface area (Å²) in [5, 5.41) is 33.6. The van der Waals surface area contributed by atoms with E-state index in [1.807, 2.05) is 64.7 Å². The second-order valence-electron chi connectivity index (χ2n) is 20.6. The number of benzene rings is 1. The molecule has 1 aromatic rings. The zero-order chi connectivity index (χ0) is 52.0. The van der Waals surface area contributed by atoms with Gasteiger partial charge in [-0.25, -0.2) is 15.0 Å². The van der Waals surface area contributed by atoms with Crippen molar-refractivity contribution in [3.05, 3.63) is 41.5 Å². The number of nitriles is 1. The number of ether oxygens (including phenoxy) is 9. The molecule has 5 rings (SSSR count). The molecule has 0 unspecified atom stereocenters. The predicted molar refractivity (Wildman–Crippen MR) is 253 cm³/mol. The number of amides is 2. The van der Waals surface area contributed by atoms with Gasteiger partial charge >= 0.3 is 18.2 Å². The Kier molecular flexibility index (Phi) is 18.9. The lowest BCUT2D eigenvalue weighted by atomic mass is 9.77. The summed E-state index contributed by atoms with van der Waals surface area (Å²) >= 11 is 0. The molecule has 70 heavy (non-hydrogen) atoms. The molecule has 2 amide bonds. The molecule has 0 aromatic heterocycles.